The number of nitrogens with zero attached hydrogens (tertiary/aromatic N) is 5. The van der Waals surface area contributed by atoms with Crippen LogP contribution in [0.15, 0.2) is 42.5 Å². The summed E-state index contributed by atoms with van der Waals surface area (Å²) in [4.78, 5) is 19.4. The molecule has 4 aromatic rings. The van der Waals surface area contributed by atoms with E-state index in [4.69, 9.17) is 31.3 Å². The molecule has 202 valence electrons. The molecule has 2 atom stereocenters. The molecule has 8 nitrogen and oxygen atoms in total. The summed E-state index contributed by atoms with van der Waals surface area (Å²) in [7, 11) is 4.21. The number of nitrogens with one attached hydrogen (secondary N) is 1. The highest BCUT2D eigenvalue weighted by molar-refractivity contribution is 6.36. The number of piperazine rings is 1. The van der Waals surface area contributed by atoms with Gasteiger partial charge in [-0.15, -0.1) is 0 Å². The van der Waals surface area contributed by atoms with Gasteiger partial charge in [-0.05, 0) is 75.5 Å². The molecule has 2 aromatic carbocycles. The number of anilines is 1. The van der Waals surface area contributed by atoms with Crippen LogP contribution >= 0.6 is 11.6 Å². The van der Waals surface area contributed by atoms with Gasteiger partial charge in [0.1, 0.15) is 11.6 Å². The third kappa shape index (κ3) is 4.75. The first-order valence-electron chi connectivity index (χ1n) is 13.7. The lowest BCUT2D eigenvalue weighted by Crippen LogP contribution is -2.51. The van der Waals surface area contributed by atoms with Gasteiger partial charge in [0.2, 0.25) is 0 Å². The molecular formula is C30H33ClN6O2. The Bertz CT molecular complexity index is 1560. The Labute approximate surface area is 233 Å². The van der Waals surface area contributed by atoms with Crippen LogP contribution in [0, 0.1) is 5.41 Å². The number of phenolic OH excluding ortho intramolecular Hbond substituents is 1. The topological polar surface area (TPSA) is 86.6 Å². The molecule has 0 spiro atoms. The molecule has 2 saturated heterocycles. The van der Waals surface area contributed by atoms with Crippen molar-refractivity contribution >= 4 is 39.2 Å². The summed E-state index contributed by atoms with van der Waals surface area (Å²) in [6, 6.07) is 14.5. The number of ether oxygens (including phenoxy) is 1. The first-order valence-corrected chi connectivity index (χ1v) is 14.1. The molecule has 3 fully saturated rings. The van der Waals surface area contributed by atoms with E-state index in [9.17, 15) is 5.11 Å². The quantitative estimate of drug-likeness (QED) is 0.341. The fourth-order valence-corrected chi connectivity index (χ4v) is 6.67. The van der Waals surface area contributed by atoms with Crippen LogP contribution in [0.3, 0.4) is 0 Å². The average molecular weight is 545 g/mol. The number of halogens is 1. The summed E-state index contributed by atoms with van der Waals surface area (Å²) in [6.45, 7) is 3.39. The minimum Gasteiger partial charge on any atom is -0.508 e. The van der Waals surface area contributed by atoms with E-state index in [1.54, 1.807) is 12.1 Å². The number of rotatable bonds is 7. The van der Waals surface area contributed by atoms with Gasteiger partial charge in [0.05, 0.1) is 17.7 Å². The van der Waals surface area contributed by atoms with Crippen molar-refractivity contribution in [1.82, 2.24) is 25.2 Å². The van der Waals surface area contributed by atoms with E-state index in [1.165, 1.54) is 12.8 Å². The van der Waals surface area contributed by atoms with E-state index >= 15 is 0 Å². The maximum atomic E-state index is 10.5. The Morgan fingerprint density at radius 3 is 2.62 bits per heavy atom. The normalized spacial score (nSPS) is 21.7. The highest BCUT2D eigenvalue weighted by Gasteiger charge is 2.44. The maximum Gasteiger partial charge on any atom is 0.320 e. The fourth-order valence-electron chi connectivity index (χ4n) is 6.38. The maximum absolute atomic E-state index is 10.5. The lowest BCUT2D eigenvalue weighted by atomic mass is 10.0. The van der Waals surface area contributed by atoms with E-state index < -0.39 is 0 Å². The number of fused-ring (bicyclic) bond motifs is 4. The molecule has 39 heavy (non-hydrogen) atoms. The van der Waals surface area contributed by atoms with Crippen LogP contribution in [0.2, 0.25) is 5.02 Å². The Hall–Kier alpha value is -3.20. The number of aromatic hydroxyl groups is 1. The van der Waals surface area contributed by atoms with Gasteiger partial charge in [0.15, 0.2) is 5.65 Å². The van der Waals surface area contributed by atoms with Gasteiger partial charge >= 0.3 is 6.01 Å². The zero-order valence-corrected chi connectivity index (χ0v) is 23.1. The molecule has 1 aliphatic carbocycles. The van der Waals surface area contributed by atoms with Crippen molar-refractivity contribution in [3.8, 4) is 23.0 Å². The zero-order chi connectivity index (χ0) is 26.7. The number of hydrogen-bond acceptors (Lipinski definition) is 8. The smallest absolute Gasteiger partial charge is 0.320 e. The predicted octanol–water partition coefficient (Wildman–Crippen LogP) is 4.87. The molecule has 2 bridgehead atoms. The Balaban J connectivity index is 1.32. The molecule has 2 N–H and O–H groups in total. The van der Waals surface area contributed by atoms with E-state index in [0.29, 0.717) is 41.1 Å². The van der Waals surface area contributed by atoms with Gasteiger partial charge < -0.3 is 25.0 Å². The van der Waals surface area contributed by atoms with E-state index in [-0.39, 0.29) is 11.2 Å². The van der Waals surface area contributed by atoms with Crippen LogP contribution in [0.4, 0.5) is 5.82 Å². The number of benzene rings is 2. The Morgan fingerprint density at radius 2 is 1.87 bits per heavy atom. The van der Waals surface area contributed by atoms with Crippen LogP contribution in [-0.2, 0) is 0 Å². The average Bonchev–Trinajstić information content (AvgIpc) is 3.59. The lowest BCUT2D eigenvalue weighted by Gasteiger charge is -2.34. The first-order chi connectivity index (χ1) is 18.9. The molecule has 3 aliphatic rings. The van der Waals surface area contributed by atoms with Crippen molar-refractivity contribution in [2.24, 2.45) is 5.41 Å². The van der Waals surface area contributed by atoms with Crippen molar-refractivity contribution in [2.45, 2.75) is 37.8 Å². The van der Waals surface area contributed by atoms with E-state index in [1.807, 2.05) is 30.3 Å². The van der Waals surface area contributed by atoms with Gasteiger partial charge in [-0.25, -0.2) is 4.98 Å². The highest BCUT2D eigenvalue weighted by Crippen LogP contribution is 2.46. The molecule has 2 aromatic heterocycles. The molecule has 9 heteroatoms. The summed E-state index contributed by atoms with van der Waals surface area (Å²) in [5, 5.41) is 17.4. The zero-order valence-electron chi connectivity index (χ0n) is 22.3. The third-order valence-corrected chi connectivity index (χ3v) is 8.65. The molecule has 4 heterocycles. The molecule has 0 amide bonds. The summed E-state index contributed by atoms with van der Waals surface area (Å²) in [6.07, 6.45) is 4.68. The summed E-state index contributed by atoms with van der Waals surface area (Å²) >= 11 is 6.62. The summed E-state index contributed by atoms with van der Waals surface area (Å²) in [5.41, 5.74) is 2.21. The first kappa shape index (κ1) is 24.8. The van der Waals surface area contributed by atoms with Gasteiger partial charge in [0.25, 0.3) is 0 Å². The Morgan fingerprint density at radius 1 is 1.08 bits per heavy atom. The van der Waals surface area contributed by atoms with Crippen molar-refractivity contribution in [3.63, 3.8) is 0 Å². The van der Waals surface area contributed by atoms with E-state index in [2.05, 4.69) is 29.2 Å². The van der Waals surface area contributed by atoms with Crippen LogP contribution in [0.25, 0.3) is 33.1 Å². The van der Waals surface area contributed by atoms with Crippen molar-refractivity contribution in [3.05, 3.63) is 47.5 Å². The van der Waals surface area contributed by atoms with Crippen LogP contribution in [0.1, 0.15) is 25.7 Å². The van der Waals surface area contributed by atoms with Crippen LogP contribution < -0.4 is 15.0 Å². The van der Waals surface area contributed by atoms with Crippen LogP contribution in [-0.4, -0.2) is 77.4 Å². The highest BCUT2D eigenvalue weighted by atomic mass is 35.5. The van der Waals surface area contributed by atoms with Crippen molar-refractivity contribution < 1.29 is 9.84 Å². The second-order valence-corrected chi connectivity index (χ2v) is 12.2. The lowest BCUT2D eigenvalue weighted by molar-refractivity contribution is 0.183. The second kappa shape index (κ2) is 9.47. The van der Waals surface area contributed by atoms with Gasteiger partial charge in [-0.1, -0.05) is 23.7 Å². The summed E-state index contributed by atoms with van der Waals surface area (Å²) in [5.74, 6) is 1.05. The minimum atomic E-state index is 0.168. The van der Waals surface area contributed by atoms with E-state index in [0.717, 1.165) is 60.0 Å². The van der Waals surface area contributed by atoms with Crippen molar-refractivity contribution in [2.75, 3.05) is 45.2 Å². The number of hydrogen-bond donors (Lipinski definition) is 2. The molecule has 0 radical (unpaired) electrons. The van der Waals surface area contributed by atoms with Crippen LogP contribution in [0.5, 0.6) is 11.8 Å². The van der Waals surface area contributed by atoms with Gasteiger partial charge in [-0.3, -0.25) is 0 Å². The standard InChI is InChI=1S/C30H33ClN6O2/c1-36(2)16-30(10-11-30)17-39-29-34-27-22(28(35-29)37-14-19-6-7-20(15-37)32-19)8-9-25(33-27)23-13-21(38)12-18-4-3-5-24(31)26(18)23/h3-5,8-9,12-13,19-20,32,38H,6-7,10-11,14-17H2,1-2H3. The molecule has 2 unspecified atom stereocenters. The van der Waals surface area contributed by atoms with Crippen molar-refractivity contribution in [1.29, 1.82) is 0 Å². The monoisotopic (exact) mass is 544 g/mol. The molecule has 1 saturated carbocycles. The SMILES string of the molecule is CN(C)CC1(COc2nc(N3CC4CCC(C3)N4)c3ccc(-c4cc(O)cc5cccc(Cl)c45)nc3n2)CC1. The molecular weight excluding hydrogens is 512 g/mol. The van der Waals surface area contributed by atoms with Gasteiger partial charge in [-0.2, -0.15) is 9.97 Å². The minimum absolute atomic E-state index is 0.168. The number of aromatic nitrogens is 3. The number of phenols is 1. The Kier molecular flexibility index (Phi) is 6.02. The largest absolute Gasteiger partial charge is 0.508 e. The number of pyridine rings is 1. The molecule has 2 aliphatic heterocycles. The summed E-state index contributed by atoms with van der Waals surface area (Å²) < 4.78 is 6.30. The van der Waals surface area contributed by atoms with Gasteiger partial charge in [0, 0.05) is 53.1 Å². The second-order valence-electron chi connectivity index (χ2n) is 11.8. The molecule has 7 rings (SSSR count). The predicted molar refractivity (Wildman–Crippen MR) is 155 cm³/mol. The fraction of sp³-hybridized carbons (Fsp3) is 0.433. The third-order valence-electron chi connectivity index (χ3n) is 8.34.